The van der Waals surface area contributed by atoms with Crippen molar-refractivity contribution in [2.75, 3.05) is 19.0 Å². The number of nitrogens with zero attached hydrogens (tertiary/aromatic N) is 2. The van der Waals surface area contributed by atoms with Crippen molar-refractivity contribution >= 4 is 46.6 Å². The fourth-order valence-corrected chi connectivity index (χ4v) is 3.81. The molecule has 3 N–H and O–H groups in total. The first-order chi connectivity index (χ1) is 17.0. The third kappa shape index (κ3) is 7.46. The summed E-state index contributed by atoms with van der Waals surface area (Å²) >= 11 is 0.961. The molecule has 0 spiro atoms. The smallest absolute Gasteiger partial charge is 0.416 e. The van der Waals surface area contributed by atoms with Crippen LogP contribution in [0.4, 0.5) is 18.9 Å². The van der Waals surface area contributed by atoms with Crippen LogP contribution >= 0.6 is 11.8 Å². The number of carboxylic acid groups (broad SMARTS) is 1. The number of nitrogens with one attached hydrogen (secondary N) is 2. The molecule has 1 saturated heterocycles. The Labute approximate surface area is 206 Å². The van der Waals surface area contributed by atoms with Crippen molar-refractivity contribution in [1.29, 1.82) is 0 Å². The summed E-state index contributed by atoms with van der Waals surface area (Å²) in [6.45, 7) is -0.484. The highest BCUT2D eigenvalue weighted by Gasteiger charge is 2.32. The van der Waals surface area contributed by atoms with E-state index in [1.807, 2.05) is 0 Å². The van der Waals surface area contributed by atoms with Crippen molar-refractivity contribution in [2.45, 2.75) is 17.8 Å². The van der Waals surface area contributed by atoms with Gasteiger partial charge in [-0.1, -0.05) is 17.8 Å². The molecule has 14 heteroatoms. The molecular formula is C22H19F3N4O6S. The van der Waals surface area contributed by atoms with E-state index >= 15 is 0 Å². The number of amidine groups is 1. The van der Waals surface area contributed by atoms with E-state index in [1.165, 1.54) is 37.6 Å². The Kier molecular flexibility index (Phi) is 8.53. The Hall–Kier alpha value is -4.07. The predicted octanol–water partition coefficient (Wildman–Crippen LogP) is 3.13. The highest BCUT2D eigenvalue weighted by Crippen LogP contribution is 2.31. The molecule has 3 rings (SSSR count). The molecule has 1 aliphatic heterocycles. The van der Waals surface area contributed by atoms with Crippen LogP contribution in [0.2, 0.25) is 0 Å². The monoisotopic (exact) mass is 524 g/mol. The SMILES string of the molecule is COc1cc(C=NN=C2NC(=O)C(CC(=O)O)S2)ccc1OCC(=O)Nc1cccc(C(F)(F)F)c1. The first-order valence-electron chi connectivity index (χ1n) is 10.1. The number of amides is 2. The van der Waals surface area contributed by atoms with Crippen LogP contribution in [0.5, 0.6) is 11.5 Å². The molecule has 0 bridgehead atoms. The molecule has 2 amide bonds. The van der Waals surface area contributed by atoms with Gasteiger partial charge in [-0.05, 0) is 42.0 Å². The van der Waals surface area contributed by atoms with Crippen LogP contribution in [0, 0.1) is 0 Å². The van der Waals surface area contributed by atoms with E-state index in [-0.39, 0.29) is 28.8 Å². The number of methoxy groups -OCH3 is 1. The largest absolute Gasteiger partial charge is 0.493 e. The number of benzene rings is 2. The van der Waals surface area contributed by atoms with Gasteiger partial charge in [0, 0.05) is 5.69 Å². The maximum Gasteiger partial charge on any atom is 0.416 e. The first kappa shape index (κ1) is 26.5. The van der Waals surface area contributed by atoms with Gasteiger partial charge in [-0.25, -0.2) is 0 Å². The standard InChI is InChI=1S/C22H19F3N4O6S/c1-34-16-7-12(10-26-29-21-28-20(33)17(36-21)9-19(31)32)5-6-15(16)35-11-18(30)27-14-4-2-3-13(8-14)22(23,24)25/h2-8,10,17H,9,11H2,1H3,(H,27,30)(H,31,32)(H,28,29,33). The Morgan fingerprint density at radius 3 is 2.69 bits per heavy atom. The minimum absolute atomic E-state index is 0.0236. The van der Waals surface area contributed by atoms with Crippen molar-refractivity contribution < 1.29 is 42.1 Å². The van der Waals surface area contributed by atoms with Gasteiger partial charge in [0.25, 0.3) is 5.91 Å². The minimum Gasteiger partial charge on any atom is -0.493 e. The zero-order chi connectivity index (χ0) is 26.3. The average molecular weight is 524 g/mol. The van der Waals surface area contributed by atoms with Crippen molar-refractivity contribution in [3.05, 3.63) is 53.6 Å². The molecule has 0 aromatic heterocycles. The molecule has 1 aliphatic rings. The fraction of sp³-hybridized carbons (Fsp3) is 0.227. The van der Waals surface area contributed by atoms with E-state index < -0.39 is 41.4 Å². The lowest BCUT2D eigenvalue weighted by molar-refractivity contribution is -0.138. The molecule has 0 saturated carbocycles. The van der Waals surface area contributed by atoms with Gasteiger partial charge in [0.15, 0.2) is 23.3 Å². The molecule has 0 aliphatic carbocycles. The number of aliphatic carboxylic acids is 1. The summed E-state index contributed by atoms with van der Waals surface area (Å²) < 4.78 is 49.1. The number of hydrogen-bond acceptors (Lipinski definition) is 8. The second-order valence-electron chi connectivity index (χ2n) is 7.17. The fourth-order valence-electron chi connectivity index (χ4n) is 2.89. The van der Waals surface area contributed by atoms with Crippen LogP contribution in [0.1, 0.15) is 17.5 Å². The van der Waals surface area contributed by atoms with E-state index in [9.17, 15) is 27.6 Å². The Morgan fingerprint density at radius 2 is 2.00 bits per heavy atom. The van der Waals surface area contributed by atoms with Gasteiger partial charge in [-0.3, -0.25) is 14.4 Å². The zero-order valence-electron chi connectivity index (χ0n) is 18.5. The van der Waals surface area contributed by atoms with E-state index in [0.717, 1.165) is 23.9 Å². The van der Waals surface area contributed by atoms with Gasteiger partial charge in [0.05, 0.1) is 25.3 Å². The highest BCUT2D eigenvalue weighted by molar-refractivity contribution is 8.15. The van der Waals surface area contributed by atoms with E-state index in [1.54, 1.807) is 6.07 Å². The molecule has 1 heterocycles. The number of carbonyl (C=O) groups is 3. The zero-order valence-corrected chi connectivity index (χ0v) is 19.4. The van der Waals surface area contributed by atoms with Gasteiger partial charge >= 0.3 is 12.1 Å². The van der Waals surface area contributed by atoms with Crippen LogP contribution in [0.15, 0.2) is 52.7 Å². The Balaban J connectivity index is 1.58. The second kappa shape index (κ2) is 11.6. The molecule has 1 fully saturated rings. The van der Waals surface area contributed by atoms with E-state index in [0.29, 0.717) is 5.56 Å². The van der Waals surface area contributed by atoms with Gasteiger partial charge in [0.2, 0.25) is 5.91 Å². The number of anilines is 1. The lowest BCUT2D eigenvalue weighted by atomic mass is 10.2. The average Bonchev–Trinajstić information content (AvgIpc) is 3.15. The van der Waals surface area contributed by atoms with Gasteiger partial charge in [-0.2, -0.15) is 18.3 Å². The number of alkyl halides is 3. The number of ether oxygens (including phenoxy) is 2. The molecule has 1 unspecified atom stereocenters. The lowest BCUT2D eigenvalue weighted by Crippen LogP contribution is -2.26. The van der Waals surface area contributed by atoms with Gasteiger partial charge in [0.1, 0.15) is 5.25 Å². The van der Waals surface area contributed by atoms with E-state index in [4.69, 9.17) is 14.6 Å². The summed E-state index contributed by atoms with van der Waals surface area (Å²) in [5, 5.41) is 20.7. The number of carboxylic acids is 1. The normalized spacial score (nSPS) is 16.7. The van der Waals surface area contributed by atoms with Crippen molar-refractivity contribution in [3.8, 4) is 11.5 Å². The summed E-state index contributed by atoms with van der Waals surface area (Å²) in [5.74, 6) is -1.78. The van der Waals surface area contributed by atoms with Gasteiger partial charge < -0.3 is 25.2 Å². The molecule has 1 atom stereocenters. The van der Waals surface area contributed by atoms with E-state index in [2.05, 4.69) is 20.8 Å². The topological polar surface area (TPSA) is 139 Å². The van der Waals surface area contributed by atoms with Crippen LogP contribution in [0.25, 0.3) is 0 Å². The van der Waals surface area contributed by atoms with Crippen LogP contribution in [-0.4, -0.2) is 53.2 Å². The second-order valence-corrected chi connectivity index (χ2v) is 8.36. The molecule has 0 radical (unpaired) electrons. The van der Waals surface area contributed by atoms with Crippen LogP contribution < -0.4 is 20.1 Å². The summed E-state index contributed by atoms with van der Waals surface area (Å²) in [7, 11) is 1.37. The quantitative estimate of drug-likeness (QED) is 0.338. The summed E-state index contributed by atoms with van der Waals surface area (Å²) in [6, 6.07) is 8.84. The summed E-state index contributed by atoms with van der Waals surface area (Å²) in [6.07, 6.45) is -3.51. The number of halogens is 3. The number of rotatable bonds is 9. The molecule has 10 nitrogen and oxygen atoms in total. The van der Waals surface area contributed by atoms with Gasteiger partial charge in [-0.15, -0.1) is 5.10 Å². The third-order valence-electron chi connectivity index (χ3n) is 4.51. The van der Waals surface area contributed by atoms with Crippen molar-refractivity contribution in [1.82, 2.24) is 5.32 Å². The maximum absolute atomic E-state index is 12.8. The maximum atomic E-state index is 12.8. The van der Waals surface area contributed by atoms with Crippen molar-refractivity contribution in [3.63, 3.8) is 0 Å². The number of hydrogen-bond donors (Lipinski definition) is 3. The Bertz CT molecular complexity index is 1220. The van der Waals surface area contributed by atoms with Crippen LogP contribution in [0.3, 0.4) is 0 Å². The van der Waals surface area contributed by atoms with Crippen molar-refractivity contribution in [2.24, 2.45) is 10.2 Å². The molecular weight excluding hydrogens is 505 g/mol. The first-order valence-corrected chi connectivity index (χ1v) is 11.0. The molecule has 2 aromatic carbocycles. The lowest BCUT2D eigenvalue weighted by Gasteiger charge is -2.12. The summed E-state index contributed by atoms with van der Waals surface area (Å²) in [4.78, 5) is 34.6. The molecule has 190 valence electrons. The Morgan fingerprint density at radius 1 is 1.22 bits per heavy atom. The highest BCUT2D eigenvalue weighted by atomic mass is 32.2. The molecule has 2 aromatic rings. The third-order valence-corrected chi connectivity index (χ3v) is 5.58. The number of carbonyl (C=O) groups excluding carboxylic acids is 2. The summed E-state index contributed by atoms with van der Waals surface area (Å²) in [5.41, 5.74) is -0.378. The van der Waals surface area contributed by atoms with Crippen LogP contribution in [-0.2, 0) is 20.6 Å². The minimum atomic E-state index is -4.53. The molecule has 36 heavy (non-hydrogen) atoms. The number of thioether (sulfide) groups is 1. The predicted molar refractivity (Wildman–Crippen MR) is 125 cm³/mol.